The van der Waals surface area contributed by atoms with Crippen molar-refractivity contribution in [3.05, 3.63) is 12.0 Å². The minimum atomic E-state index is 0.505. The smallest absolute Gasteiger partial charge is 0.149 e. The van der Waals surface area contributed by atoms with E-state index in [2.05, 4.69) is 31.5 Å². The van der Waals surface area contributed by atoms with Gasteiger partial charge in [-0.1, -0.05) is 6.92 Å². The standard InChI is InChI=1S/C17H25N5OS/c1-2-14-15-16(18-11-19-17(15)24-21-14)20-12-3-5-13(6-4-12)22-7-9-23-10-8-22/h11-13H,2-10H2,1H3,(H,18,19,20). The van der Waals surface area contributed by atoms with E-state index in [0.717, 1.165) is 60.5 Å². The van der Waals surface area contributed by atoms with Gasteiger partial charge in [0.1, 0.15) is 17.0 Å². The molecule has 0 radical (unpaired) electrons. The van der Waals surface area contributed by atoms with Crippen molar-refractivity contribution in [1.82, 2.24) is 19.2 Å². The van der Waals surface area contributed by atoms with Crippen LogP contribution in [-0.2, 0) is 11.2 Å². The fourth-order valence-electron chi connectivity index (χ4n) is 3.91. The number of hydrogen-bond acceptors (Lipinski definition) is 7. The van der Waals surface area contributed by atoms with E-state index in [1.54, 1.807) is 6.33 Å². The van der Waals surface area contributed by atoms with Crippen LogP contribution in [0.4, 0.5) is 5.82 Å². The Hall–Kier alpha value is -1.31. The van der Waals surface area contributed by atoms with Gasteiger partial charge in [-0.25, -0.2) is 9.97 Å². The molecule has 0 aromatic carbocycles. The first-order valence-corrected chi connectivity index (χ1v) is 9.80. The molecule has 2 aromatic heterocycles. The van der Waals surface area contributed by atoms with Gasteiger partial charge in [-0.3, -0.25) is 4.90 Å². The molecule has 130 valence electrons. The van der Waals surface area contributed by atoms with Gasteiger partial charge in [0.2, 0.25) is 0 Å². The maximum atomic E-state index is 5.47. The quantitative estimate of drug-likeness (QED) is 0.917. The van der Waals surface area contributed by atoms with Gasteiger partial charge in [0.05, 0.1) is 24.3 Å². The molecule has 0 spiro atoms. The van der Waals surface area contributed by atoms with Crippen molar-refractivity contribution in [2.45, 2.75) is 51.1 Å². The van der Waals surface area contributed by atoms with Crippen LogP contribution in [-0.4, -0.2) is 57.6 Å². The van der Waals surface area contributed by atoms with E-state index in [-0.39, 0.29) is 0 Å². The summed E-state index contributed by atoms with van der Waals surface area (Å²) in [5.74, 6) is 0.973. The van der Waals surface area contributed by atoms with E-state index < -0.39 is 0 Å². The lowest BCUT2D eigenvalue weighted by molar-refractivity contribution is 0.00791. The Labute approximate surface area is 146 Å². The Morgan fingerprint density at radius 1 is 1.21 bits per heavy atom. The number of fused-ring (bicyclic) bond motifs is 1. The van der Waals surface area contributed by atoms with Crippen molar-refractivity contribution in [3.8, 4) is 0 Å². The maximum absolute atomic E-state index is 5.47. The van der Waals surface area contributed by atoms with E-state index in [0.29, 0.717) is 6.04 Å². The largest absolute Gasteiger partial charge is 0.379 e. The molecular formula is C17H25N5OS. The minimum Gasteiger partial charge on any atom is -0.379 e. The number of nitrogens with one attached hydrogen (secondary N) is 1. The molecule has 0 unspecified atom stereocenters. The Morgan fingerprint density at radius 3 is 2.75 bits per heavy atom. The molecule has 2 fully saturated rings. The second-order valence-electron chi connectivity index (χ2n) is 6.68. The zero-order valence-corrected chi connectivity index (χ0v) is 15.0. The summed E-state index contributed by atoms with van der Waals surface area (Å²) >= 11 is 1.47. The molecule has 4 rings (SSSR count). The van der Waals surface area contributed by atoms with E-state index in [4.69, 9.17) is 4.74 Å². The average molecular weight is 347 g/mol. The molecule has 6 nitrogen and oxygen atoms in total. The highest BCUT2D eigenvalue weighted by atomic mass is 32.1. The summed E-state index contributed by atoms with van der Waals surface area (Å²) in [6.07, 6.45) is 7.50. The number of nitrogens with zero attached hydrogens (tertiary/aromatic N) is 4. The van der Waals surface area contributed by atoms with Crippen LogP contribution in [0.15, 0.2) is 6.33 Å². The van der Waals surface area contributed by atoms with Gasteiger partial charge < -0.3 is 10.1 Å². The number of aryl methyl sites for hydroxylation is 1. The molecule has 2 aromatic rings. The third kappa shape index (κ3) is 3.25. The second-order valence-corrected chi connectivity index (χ2v) is 7.44. The number of aromatic nitrogens is 3. The van der Waals surface area contributed by atoms with Crippen LogP contribution in [0.25, 0.3) is 10.2 Å². The number of anilines is 1. The van der Waals surface area contributed by atoms with E-state index >= 15 is 0 Å². The first kappa shape index (κ1) is 16.2. The maximum Gasteiger partial charge on any atom is 0.149 e. The fourth-order valence-corrected chi connectivity index (χ4v) is 4.73. The van der Waals surface area contributed by atoms with Crippen molar-refractivity contribution in [3.63, 3.8) is 0 Å². The highest BCUT2D eigenvalue weighted by molar-refractivity contribution is 7.13. The lowest BCUT2D eigenvalue weighted by Gasteiger charge is -2.39. The van der Waals surface area contributed by atoms with E-state index in [1.807, 2.05) is 0 Å². The first-order chi connectivity index (χ1) is 11.8. The molecule has 7 heteroatoms. The molecule has 1 aliphatic heterocycles. The Bertz CT molecular complexity index is 677. The third-order valence-corrected chi connectivity index (χ3v) is 6.07. The van der Waals surface area contributed by atoms with Crippen molar-refractivity contribution < 1.29 is 4.74 Å². The van der Waals surface area contributed by atoms with Gasteiger partial charge in [-0.2, -0.15) is 4.37 Å². The van der Waals surface area contributed by atoms with Gasteiger partial charge in [-0.05, 0) is 43.6 Å². The summed E-state index contributed by atoms with van der Waals surface area (Å²) in [5.41, 5.74) is 1.11. The molecule has 0 bridgehead atoms. The number of rotatable bonds is 4. The zero-order valence-electron chi connectivity index (χ0n) is 14.2. The topological polar surface area (TPSA) is 63.2 Å². The summed E-state index contributed by atoms with van der Waals surface area (Å²) in [5, 5.41) is 4.81. The van der Waals surface area contributed by atoms with Crippen LogP contribution >= 0.6 is 11.5 Å². The van der Waals surface area contributed by atoms with E-state index in [1.165, 1.54) is 37.2 Å². The summed E-state index contributed by atoms with van der Waals surface area (Å²) in [7, 11) is 0. The second kappa shape index (κ2) is 7.29. The minimum absolute atomic E-state index is 0.505. The Balaban J connectivity index is 1.41. The van der Waals surface area contributed by atoms with Crippen LogP contribution in [0, 0.1) is 0 Å². The van der Waals surface area contributed by atoms with Crippen molar-refractivity contribution in [1.29, 1.82) is 0 Å². The van der Waals surface area contributed by atoms with Crippen molar-refractivity contribution in [2.75, 3.05) is 31.6 Å². The van der Waals surface area contributed by atoms with E-state index in [9.17, 15) is 0 Å². The number of hydrogen-bond donors (Lipinski definition) is 1. The summed E-state index contributed by atoms with van der Waals surface area (Å²) in [6.45, 7) is 6.11. The predicted molar refractivity (Wildman–Crippen MR) is 96.6 cm³/mol. The van der Waals surface area contributed by atoms with Gasteiger partial charge in [0.25, 0.3) is 0 Å². The molecule has 0 amide bonds. The lowest BCUT2D eigenvalue weighted by atomic mass is 9.90. The summed E-state index contributed by atoms with van der Waals surface area (Å²) < 4.78 is 9.99. The van der Waals surface area contributed by atoms with Gasteiger partial charge in [-0.15, -0.1) is 0 Å². The highest BCUT2D eigenvalue weighted by Crippen LogP contribution is 2.30. The molecular weight excluding hydrogens is 322 g/mol. The lowest BCUT2D eigenvalue weighted by Crippen LogP contribution is -2.46. The Kier molecular flexibility index (Phi) is 4.91. The normalized spacial score (nSPS) is 25.9. The van der Waals surface area contributed by atoms with Crippen LogP contribution < -0.4 is 5.32 Å². The first-order valence-electron chi connectivity index (χ1n) is 9.02. The van der Waals surface area contributed by atoms with Gasteiger partial charge in [0.15, 0.2) is 0 Å². The molecule has 1 saturated carbocycles. The SMILES string of the molecule is CCc1nsc2ncnc(NC3CCC(N4CCOCC4)CC3)c12. The van der Waals surface area contributed by atoms with Crippen molar-refractivity contribution in [2.24, 2.45) is 0 Å². The monoisotopic (exact) mass is 347 g/mol. The van der Waals surface area contributed by atoms with Crippen LogP contribution in [0.3, 0.4) is 0 Å². The zero-order chi connectivity index (χ0) is 16.4. The summed E-state index contributed by atoms with van der Waals surface area (Å²) in [6, 6.07) is 1.23. The third-order valence-electron chi connectivity index (χ3n) is 5.28. The Morgan fingerprint density at radius 2 is 2.00 bits per heavy atom. The van der Waals surface area contributed by atoms with Crippen LogP contribution in [0.5, 0.6) is 0 Å². The van der Waals surface area contributed by atoms with Gasteiger partial charge >= 0.3 is 0 Å². The summed E-state index contributed by atoms with van der Waals surface area (Å²) in [4.78, 5) is 12.5. The molecule has 3 heterocycles. The predicted octanol–water partition coefficient (Wildman–Crippen LogP) is 2.70. The van der Waals surface area contributed by atoms with Crippen LogP contribution in [0.2, 0.25) is 0 Å². The highest BCUT2D eigenvalue weighted by Gasteiger charge is 2.27. The molecule has 0 atom stereocenters. The molecule has 1 aliphatic carbocycles. The number of morpholine rings is 1. The molecule has 1 saturated heterocycles. The molecule has 2 aliphatic rings. The fraction of sp³-hybridized carbons (Fsp3) is 0.706. The van der Waals surface area contributed by atoms with Crippen molar-refractivity contribution >= 4 is 27.6 Å². The molecule has 24 heavy (non-hydrogen) atoms. The molecule has 1 N–H and O–H groups in total. The number of ether oxygens (including phenoxy) is 1. The van der Waals surface area contributed by atoms with Crippen LogP contribution in [0.1, 0.15) is 38.3 Å². The average Bonchev–Trinajstić information content (AvgIpc) is 3.07. The van der Waals surface area contributed by atoms with Gasteiger partial charge in [0, 0.05) is 25.2 Å².